The number of rotatable bonds is 5. The van der Waals surface area contributed by atoms with Crippen LogP contribution in [0.15, 0.2) is 18.2 Å². The van der Waals surface area contributed by atoms with E-state index < -0.39 is 5.97 Å². The fourth-order valence-electron chi connectivity index (χ4n) is 3.22. The lowest BCUT2D eigenvalue weighted by atomic mass is 10.1. The molecule has 2 atom stereocenters. The minimum absolute atomic E-state index is 0.0628. The van der Waals surface area contributed by atoms with Crippen LogP contribution < -0.4 is 9.47 Å². The van der Waals surface area contributed by atoms with E-state index in [1.807, 2.05) is 12.1 Å². The zero-order chi connectivity index (χ0) is 17.1. The molecular weight excluding hydrogens is 314 g/mol. The molecule has 1 fully saturated rings. The molecule has 0 radical (unpaired) electrons. The van der Waals surface area contributed by atoms with Gasteiger partial charge in [-0.05, 0) is 24.1 Å². The van der Waals surface area contributed by atoms with Gasteiger partial charge in [-0.15, -0.1) is 0 Å². The first-order valence-electron chi connectivity index (χ1n) is 7.99. The molecular formula is C17H21NO6. The third-order valence-corrected chi connectivity index (χ3v) is 4.40. The van der Waals surface area contributed by atoms with Crippen LogP contribution in [-0.4, -0.2) is 60.9 Å². The Bertz CT molecular complexity index is 632. The number of likely N-dealkylation sites (tertiary alicyclic amines) is 1. The number of aliphatic carboxylic acids is 1. The molecule has 24 heavy (non-hydrogen) atoms. The fourth-order valence-corrected chi connectivity index (χ4v) is 3.22. The average Bonchev–Trinajstić information content (AvgIpc) is 2.97. The number of hydrogen-bond acceptors (Lipinski definition) is 5. The maximum Gasteiger partial charge on any atom is 0.305 e. The normalized spacial score (nSPS) is 22.5. The lowest BCUT2D eigenvalue weighted by Gasteiger charge is -2.24. The Labute approximate surface area is 140 Å². The van der Waals surface area contributed by atoms with Crippen molar-refractivity contribution in [2.45, 2.75) is 31.4 Å². The summed E-state index contributed by atoms with van der Waals surface area (Å²) in [7, 11) is 1.58. The van der Waals surface area contributed by atoms with E-state index in [1.54, 1.807) is 18.1 Å². The van der Waals surface area contributed by atoms with Crippen molar-refractivity contribution in [3.8, 4) is 11.5 Å². The summed E-state index contributed by atoms with van der Waals surface area (Å²) >= 11 is 0. The van der Waals surface area contributed by atoms with Crippen molar-refractivity contribution in [3.05, 3.63) is 23.8 Å². The standard InChI is InChI=1S/C17H21NO6/c1-22-13-8-12(9-17(20)21)18(10-13)16(19)7-11-2-3-14-15(6-11)24-5-4-23-14/h2-3,6,12-13H,4-5,7-10H2,1H3,(H,20,21). The molecule has 7 heteroatoms. The first kappa shape index (κ1) is 16.6. The maximum atomic E-state index is 12.6. The summed E-state index contributed by atoms with van der Waals surface area (Å²) in [6.07, 6.45) is 0.574. The Morgan fingerprint density at radius 1 is 1.29 bits per heavy atom. The van der Waals surface area contributed by atoms with Crippen molar-refractivity contribution in [2.75, 3.05) is 26.9 Å². The molecule has 1 amide bonds. The zero-order valence-corrected chi connectivity index (χ0v) is 13.6. The molecule has 2 aliphatic heterocycles. The summed E-state index contributed by atoms with van der Waals surface area (Å²) in [4.78, 5) is 25.3. The van der Waals surface area contributed by atoms with Gasteiger partial charge in [-0.3, -0.25) is 9.59 Å². The number of fused-ring (bicyclic) bond motifs is 1. The Morgan fingerprint density at radius 2 is 2.04 bits per heavy atom. The monoisotopic (exact) mass is 335 g/mol. The molecule has 3 rings (SSSR count). The van der Waals surface area contributed by atoms with Gasteiger partial charge < -0.3 is 24.2 Å². The van der Waals surface area contributed by atoms with Crippen LogP contribution in [0.4, 0.5) is 0 Å². The highest BCUT2D eigenvalue weighted by Gasteiger charge is 2.36. The van der Waals surface area contributed by atoms with Crippen LogP contribution in [0.1, 0.15) is 18.4 Å². The number of nitrogens with zero attached hydrogens (tertiary/aromatic N) is 1. The van der Waals surface area contributed by atoms with Crippen LogP contribution in [0.25, 0.3) is 0 Å². The Hall–Kier alpha value is -2.28. The predicted octanol–water partition coefficient (Wildman–Crippen LogP) is 1.09. The van der Waals surface area contributed by atoms with Gasteiger partial charge >= 0.3 is 5.97 Å². The molecule has 7 nitrogen and oxygen atoms in total. The largest absolute Gasteiger partial charge is 0.486 e. The molecule has 0 spiro atoms. The Morgan fingerprint density at radius 3 is 2.75 bits per heavy atom. The first-order chi connectivity index (χ1) is 11.6. The number of methoxy groups -OCH3 is 1. The van der Waals surface area contributed by atoms with Crippen LogP contribution >= 0.6 is 0 Å². The summed E-state index contributed by atoms with van der Waals surface area (Å²) in [5.41, 5.74) is 0.819. The fraction of sp³-hybridized carbons (Fsp3) is 0.529. The van der Waals surface area contributed by atoms with E-state index in [2.05, 4.69) is 0 Å². The minimum Gasteiger partial charge on any atom is -0.486 e. The van der Waals surface area contributed by atoms with E-state index in [-0.39, 0.29) is 30.9 Å². The van der Waals surface area contributed by atoms with Crippen LogP contribution in [0.3, 0.4) is 0 Å². The molecule has 2 unspecified atom stereocenters. The summed E-state index contributed by atoms with van der Waals surface area (Å²) in [5, 5.41) is 9.05. The maximum absolute atomic E-state index is 12.6. The van der Waals surface area contributed by atoms with Gasteiger partial charge in [0.05, 0.1) is 18.9 Å². The number of carbonyl (C=O) groups is 2. The molecule has 1 N–H and O–H groups in total. The summed E-state index contributed by atoms with van der Waals surface area (Å²) in [5.74, 6) is 0.318. The second kappa shape index (κ2) is 7.09. The predicted molar refractivity (Wildman–Crippen MR) is 84.3 cm³/mol. The molecule has 0 aromatic heterocycles. The molecule has 1 aromatic carbocycles. The van der Waals surface area contributed by atoms with Gasteiger partial charge in [0.2, 0.25) is 5.91 Å². The van der Waals surface area contributed by atoms with E-state index in [0.717, 1.165) is 5.56 Å². The van der Waals surface area contributed by atoms with Gasteiger partial charge in [0.25, 0.3) is 0 Å². The van der Waals surface area contributed by atoms with Gasteiger partial charge in [-0.1, -0.05) is 6.07 Å². The highest BCUT2D eigenvalue weighted by molar-refractivity contribution is 5.80. The molecule has 0 bridgehead atoms. The lowest BCUT2D eigenvalue weighted by Crippen LogP contribution is -2.38. The van der Waals surface area contributed by atoms with Gasteiger partial charge in [-0.2, -0.15) is 0 Å². The van der Waals surface area contributed by atoms with E-state index in [9.17, 15) is 9.59 Å². The molecule has 0 saturated carbocycles. The molecule has 0 aliphatic carbocycles. The van der Waals surface area contributed by atoms with Gasteiger partial charge in [0, 0.05) is 19.7 Å². The van der Waals surface area contributed by atoms with Gasteiger partial charge in [0.15, 0.2) is 11.5 Å². The number of hydrogen-bond donors (Lipinski definition) is 1. The summed E-state index contributed by atoms with van der Waals surface area (Å²) in [6.45, 7) is 1.44. The Balaban J connectivity index is 1.69. The van der Waals surface area contributed by atoms with Crippen LogP contribution in [-0.2, 0) is 20.7 Å². The number of carboxylic acids is 1. The number of benzene rings is 1. The number of amides is 1. The van der Waals surface area contributed by atoms with E-state index >= 15 is 0 Å². The quantitative estimate of drug-likeness (QED) is 0.867. The number of carboxylic acid groups (broad SMARTS) is 1. The van der Waals surface area contributed by atoms with Crippen molar-refractivity contribution in [2.24, 2.45) is 0 Å². The molecule has 2 aliphatic rings. The molecule has 2 heterocycles. The highest BCUT2D eigenvalue weighted by atomic mass is 16.6. The first-order valence-corrected chi connectivity index (χ1v) is 7.99. The topological polar surface area (TPSA) is 85.3 Å². The number of ether oxygens (including phenoxy) is 3. The van der Waals surface area contributed by atoms with Crippen molar-refractivity contribution in [3.63, 3.8) is 0 Å². The second-order valence-electron chi connectivity index (χ2n) is 6.05. The third kappa shape index (κ3) is 3.62. The Kier molecular flexibility index (Phi) is 4.89. The molecule has 1 aromatic rings. The minimum atomic E-state index is -0.908. The van der Waals surface area contributed by atoms with Crippen LogP contribution in [0.5, 0.6) is 11.5 Å². The van der Waals surface area contributed by atoms with Crippen LogP contribution in [0, 0.1) is 0 Å². The van der Waals surface area contributed by atoms with Gasteiger partial charge in [0.1, 0.15) is 13.2 Å². The van der Waals surface area contributed by atoms with Crippen molar-refractivity contribution in [1.29, 1.82) is 0 Å². The zero-order valence-electron chi connectivity index (χ0n) is 13.6. The molecule has 1 saturated heterocycles. The SMILES string of the molecule is COC1CC(CC(=O)O)N(C(=O)Cc2ccc3c(c2)OCCO3)C1. The third-order valence-electron chi connectivity index (χ3n) is 4.40. The van der Waals surface area contributed by atoms with Crippen molar-refractivity contribution in [1.82, 2.24) is 4.90 Å². The van der Waals surface area contributed by atoms with Crippen molar-refractivity contribution >= 4 is 11.9 Å². The summed E-state index contributed by atoms with van der Waals surface area (Å²) < 4.78 is 16.3. The van der Waals surface area contributed by atoms with E-state index in [0.29, 0.717) is 37.7 Å². The van der Waals surface area contributed by atoms with Gasteiger partial charge in [-0.25, -0.2) is 0 Å². The van der Waals surface area contributed by atoms with E-state index in [4.69, 9.17) is 19.3 Å². The van der Waals surface area contributed by atoms with E-state index in [1.165, 1.54) is 0 Å². The average molecular weight is 335 g/mol. The number of carbonyl (C=O) groups excluding carboxylic acids is 1. The highest BCUT2D eigenvalue weighted by Crippen LogP contribution is 2.31. The van der Waals surface area contributed by atoms with Crippen LogP contribution in [0.2, 0.25) is 0 Å². The smallest absolute Gasteiger partial charge is 0.305 e. The van der Waals surface area contributed by atoms with Crippen molar-refractivity contribution < 1.29 is 28.9 Å². The lowest BCUT2D eigenvalue weighted by molar-refractivity contribution is -0.139. The second-order valence-corrected chi connectivity index (χ2v) is 6.05. The molecule has 130 valence electrons. The summed E-state index contributed by atoms with van der Waals surface area (Å²) in [6, 6.07) is 5.12.